The van der Waals surface area contributed by atoms with Crippen LogP contribution in [0.5, 0.6) is 0 Å². The molecular weight excluding hydrogens is 298 g/mol. The molecule has 1 aromatic carbocycles. The van der Waals surface area contributed by atoms with Crippen LogP contribution in [0.25, 0.3) is 0 Å². The zero-order valence-electron chi connectivity index (χ0n) is 13.7. The number of hydrogen-bond acceptors (Lipinski definition) is 4. The molecule has 4 heteroatoms. The molecule has 1 N–H and O–H groups in total. The van der Waals surface area contributed by atoms with Crippen LogP contribution in [0.15, 0.2) is 54.2 Å². The quantitative estimate of drug-likeness (QED) is 0.674. The van der Waals surface area contributed by atoms with Crippen LogP contribution in [-0.2, 0) is 0 Å². The molecule has 1 aromatic heterocycles. The zero-order valence-corrected chi connectivity index (χ0v) is 13.7. The van der Waals surface area contributed by atoms with Crippen molar-refractivity contribution in [2.24, 2.45) is 0 Å². The predicted octanol–water partition coefficient (Wildman–Crippen LogP) is 3.88. The molecule has 1 aliphatic rings. The lowest BCUT2D eigenvalue weighted by atomic mass is 10.0. The number of aryl methyl sites for hydroxylation is 1. The molecule has 1 saturated heterocycles. The van der Waals surface area contributed by atoms with Crippen molar-refractivity contribution in [1.29, 1.82) is 0 Å². The maximum Gasteiger partial charge on any atom is 0.151 e. The van der Waals surface area contributed by atoms with Gasteiger partial charge in [-0.2, -0.15) is 0 Å². The van der Waals surface area contributed by atoms with Gasteiger partial charge in [-0.1, -0.05) is 29.5 Å². The highest BCUT2D eigenvalue weighted by Crippen LogP contribution is 2.26. The van der Waals surface area contributed by atoms with Gasteiger partial charge in [0.1, 0.15) is 0 Å². The fourth-order valence-electron chi connectivity index (χ4n) is 2.82. The average Bonchev–Trinajstić information content (AvgIpc) is 2.62. The molecular formula is C20H20N3O-. The van der Waals surface area contributed by atoms with E-state index in [0.29, 0.717) is 5.69 Å². The second kappa shape index (κ2) is 7.67. The van der Waals surface area contributed by atoms with Gasteiger partial charge in [0.05, 0.1) is 5.69 Å². The number of piperidine rings is 1. The van der Waals surface area contributed by atoms with Crippen LogP contribution >= 0.6 is 0 Å². The highest BCUT2D eigenvalue weighted by atomic mass is 16.5. The standard InChI is InChI=1S/C20H20N3O/c1-16-5-2-7-18(15-16)8-3-6-17-10-13-23(14-11-17)20-19(22-24)9-4-12-21-20/h2,4-7,9,12,15,22H,10-11,13-14H2,1H3/q-1. The second-order valence-corrected chi connectivity index (χ2v) is 5.91. The van der Waals surface area contributed by atoms with E-state index in [1.807, 2.05) is 23.7 Å². The minimum absolute atomic E-state index is 0.532. The summed E-state index contributed by atoms with van der Waals surface area (Å²) in [6, 6.07) is 11.7. The van der Waals surface area contributed by atoms with Gasteiger partial charge in [0.2, 0.25) is 0 Å². The van der Waals surface area contributed by atoms with Gasteiger partial charge >= 0.3 is 0 Å². The Morgan fingerprint density at radius 2 is 2.04 bits per heavy atom. The monoisotopic (exact) mass is 318 g/mol. The van der Waals surface area contributed by atoms with Crippen molar-refractivity contribution < 1.29 is 0 Å². The van der Waals surface area contributed by atoms with Gasteiger partial charge < -0.3 is 15.6 Å². The van der Waals surface area contributed by atoms with E-state index in [1.165, 1.54) is 11.1 Å². The van der Waals surface area contributed by atoms with E-state index in [4.69, 9.17) is 0 Å². The molecule has 1 aliphatic heterocycles. The smallest absolute Gasteiger partial charge is 0.151 e. The fourth-order valence-corrected chi connectivity index (χ4v) is 2.82. The van der Waals surface area contributed by atoms with Crippen molar-refractivity contribution in [3.05, 3.63) is 70.6 Å². The van der Waals surface area contributed by atoms with Gasteiger partial charge in [0, 0.05) is 24.8 Å². The van der Waals surface area contributed by atoms with Crippen LogP contribution in [-0.4, -0.2) is 18.1 Å². The molecule has 122 valence electrons. The van der Waals surface area contributed by atoms with Crippen LogP contribution < -0.4 is 10.4 Å². The first-order valence-corrected chi connectivity index (χ1v) is 8.10. The van der Waals surface area contributed by atoms with E-state index in [-0.39, 0.29) is 0 Å². The van der Waals surface area contributed by atoms with Gasteiger partial charge in [0.25, 0.3) is 0 Å². The highest BCUT2D eigenvalue weighted by Gasteiger charge is 2.16. The van der Waals surface area contributed by atoms with Gasteiger partial charge in [-0.3, -0.25) is 0 Å². The Hall–Kier alpha value is -2.77. The molecule has 0 radical (unpaired) electrons. The summed E-state index contributed by atoms with van der Waals surface area (Å²) in [5.41, 5.74) is 6.12. The minimum atomic E-state index is 0.532. The lowest BCUT2D eigenvalue weighted by molar-refractivity contribution is 0.678. The summed E-state index contributed by atoms with van der Waals surface area (Å²) in [6.45, 7) is 3.77. The third kappa shape index (κ3) is 3.95. The lowest BCUT2D eigenvalue weighted by Crippen LogP contribution is -2.31. The maximum absolute atomic E-state index is 11.0. The molecule has 0 bridgehead atoms. The fraction of sp³-hybridized carbons (Fsp3) is 0.250. The van der Waals surface area contributed by atoms with Gasteiger partial charge in [0.15, 0.2) is 5.82 Å². The third-order valence-electron chi connectivity index (χ3n) is 4.11. The molecule has 0 amide bonds. The molecule has 0 atom stereocenters. The van der Waals surface area contributed by atoms with Crippen LogP contribution in [0, 0.1) is 24.0 Å². The van der Waals surface area contributed by atoms with E-state index >= 15 is 0 Å². The number of allylic oxidation sites excluding steroid dienone is 1. The summed E-state index contributed by atoms with van der Waals surface area (Å²) in [4.78, 5) is 6.47. The molecule has 3 rings (SSSR count). The summed E-state index contributed by atoms with van der Waals surface area (Å²) in [5.74, 6) is 7.09. The average molecular weight is 318 g/mol. The number of anilines is 2. The summed E-state index contributed by atoms with van der Waals surface area (Å²) in [5, 5.41) is 11.0. The molecule has 0 aliphatic carbocycles. The Balaban J connectivity index is 1.63. The number of pyridine rings is 1. The molecule has 2 heterocycles. The Morgan fingerprint density at radius 3 is 2.79 bits per heavy atom. The summed E-state index contributed by atoms with van der Waals surface area (Å²) >= 11 is 0. The first kappa shape index (κ1) is 16.1. The molecule has 4 nitrogen and oxygen atoms in total. The summed E-state index contributed by atoms with van der Waals surface area (Å²) in [6.07, 6.45) is 5.63. The number of rotatable bonds is 2. The van der Waals surface area contributed by atoms with Crippen molar-refractivity contribution in [3.8, 4) is 11.8 Å². The Kier molecular flexibility index (Phi) is 5.15. The van der Waals surface area contributed by atoms with E-state index in [9.17, 15) is 5.21 Å². The molecule has 0 unspecified atom stereocenters. The molecule has 0 spiro atoms. The SMILES string of the molecule is Cc1cccc(C#CC=C2CCN(c3ncccc3N[O-])CC2)c1. The van der Waals surface area contributed by atoms with Crippen LogP contribution in [0.4, 0.5) is 11.5 Å². The topological polar surface area (TPSA) is 51.2 Å². The molecule has 24 heavy (non-hydrogen) atoms. The van der Waals surface area contributed by atoms with Crippen molar-refractivity contribution in [2.45, 2.75) is 19.8 Å². The first-order valence-electron chi connectivity index (χ1n) is 8.10. The molecule has 0 saturated carbocycles. The van der Waals surface area contributed by atoms with E-state index in [2.05, 4.69) is 40.8 Å². The number of benzene rings is 1. The van der Waals surface area contributed by atoms with Crippen molar-refractivity contribution in [2.75, 3.05) is 23.5 Å². The number of hydrogen-bond donors (Lipinski definition) is 1. The highest BCUT2D eigenvalue weighted by molar-refractivity contribution is 5.66. The molecule has 2 aromatic rings. The predicted molar refractivity (Wildman–Crippen MR) is 98.8 cm³/mol. The second-order valence-electron chi connectivity index (χ2n) is 5.91. The van der Waals surface area contributed by atoms with Crippen LogP contribution in [0.1, 0.15) is 24.0 Å². The third-order valence-corrected chi connectivity index (χ3v) is 4.11. The summed E-state index contributed by atoms with van der Waals surface area (Å²) < 4.78 is 0. The van der Waals surface area contributed by atoms with Crippen LogP contribution in [0.2, 0.25) is 0 Å². The number of aromatic nitrogens is 1. The number of nitrogens with one attached hydrogen (secondary N) is 1. The lowest BCUT2D eigenvalue weighted by Gasteiger charge is -2.31. The van der Waals surface area contributed by atoms with Crippen molar-refractivity contribution >= 4 is 11.5 Å². The normalized spacial score (nSPS) is 13.9. The van der Waals surface area contributed by atoms with Crippen molar-refractivity contribution in [1.82, 2.24) is 4.98 Å². The Bertz CT molecular complexity index is 792. The first-order chi connectivity index (χ1) is 11.8. The van der Waals surface area contributed by atoms with Gasteiger partial charge in [-0.25, -0.2) is 4.98 Å². The zero-order chi connectivity index (χ0) is 16.8. The van der Waals surface area contributed by atoms with Gasteiger partial charge in [-0.05, 0) is 55.7 Å². The van der Waals surface area contributed by atoms with Crippen LogP contribution in [0.3, 0.4) is 0 Å². The summed E-state index contributed by atoms with van der Waals surface area (Å²) in [7, 11) is 0. The Morgan fingerprint density at radius 1 is 1.21 bits per heavy atom. The van der Waals surface area contributed by atoms with E-state index in [1.54, 1.807) is 18.3 Å². The largest absolute Gasteiger partial charge is 0.761 e. The minimum Gasteiger partial charge on any atom is -0.761 e. The molecule has 1 fully saturated rings. The Labute approximate surface area is 142 Å². The maximum atomic E-state index is 11.0. The van der Waals surface area contributed by atoms with Crippen molar-refractivity contribution in [3.63, 3.8) is 0 Å². The van der Waals surface area contributed by atoms with E-state index in [0.717, 1.165) is 37.3 Å². The van der Waals surface area contributed by atoms with E-state index < -0.39 is 0 Å². The van der Waals surface area contributed by atoms with Gasteiger partial charge in [-0.15, -0.1) is 0 Å². The number of nitrogens with zero attached hydrogens (tertiary/aromatic N) is 2.